The quantitative estimate of drug-likeness (QED) is 0.446. The number of ketones is 1. The predicted molar refractivity (Wildman–Crippen MR) is 63.5 cm³/mol. The van der Waals surface area contributed by atoms with Crippen LogP contribution in [0.5, 0.6) is 0 Å². The van der Waals surface area contributed by atoms with Crippen LogP contribution in [-0.4, -0.2) is 38.0 Å². The van der Waals surface area contributed by atoms with Crippen LogP contribution in [0, 0.1) is 0 Å². The van der Waals surface area contributed by atoms with E-state index in [1.54, 1.807) is 8.87 Å². The molecule has 0 aliphatic heterocycles. The number of aliphatic carboxylic acids is 1. The number of carboxylic acids is 1. The Kier molecular flexibility index (Phi) is 16.1. The molecular weight excluding hydrogens is 299 g/mol. The second kappa shape index (κ2) is 13.9. The summed E-state index contributed by atoms with van der Waals surface area (Å²) in [6.07, 6.45) is 5.84. The molecule has 0 amide bonds. The summed E-state index contributed by atoms with van der Waals surface area (Å²) in [5.74, 6) is -2.20. The first kappa shape index (κ1) is 17.3. The second-order valence-corrected chi connectivity index (χ2v) is 7.60. The number of carboxylic acid groups (broad SMARTS) is 1. The van der Waals surface area contributed by atoms with Gasteiger partial charge in [0.2, 0.25) is 5.78 Å². The standard InChI is InChI=1S/2C4H9.C3H4O3.Sn/c2*1-3-4-2;1-2(4)3(5)6;/h2*1,3-4H2,2H3;1H3,(H,5,6);. The average Bonchev–Trinajstić information content (AvgIpc) is 2.18. The molecule has 1 N–H and O–H groups in total. The molecule has 0 aromatic rings. The van der Waals surface area contributed by atoms with Crippen molar-refractivity contribution in [2.75, 3.05) is 0 Å². The molecule has 0 saturated carbocycles. The molecule has 0 aliphatic rings. The SMILES string of the molecule is CC(=O)C(=O)O.CCC[CH2][Sn][CH2]CCC. The monoisotopic (exact) mass is 322 g/mol. The summed E-state index contributed by atoms with van der Waals surface area (Å²) in [4.78, 5) is 18.9. The molecule has 0 spiro atoms. The van der Waals surface area contributed by atoms with Crippen LogP contribution >= 0.6 is 0 Å². The van der Waals surface area contributed by atoms with Crippen LogP contribution < -0.4 is 0 Å². The van der Waals surface area contributed by atoms with Crippen LogP contribution in [0.1, 0.15) is 46.5 Å². The van der Waals surface area contributed by atoms with E-state index < -0.39 is 11.8 Å². The molecule has 0 aliphatic carbocycles. The van der Waals surface area contributed by atoms with Crippen molar-refractivity contribution in [1.82, 2.24) is 0 Å². The Labute approximate surface area is 103 Å². The van der Waals surface area contributed by atoms with Gasteiger partial charge in [-0.3, -0.25) is 4.79 Å². The first-order chi connectivity index (χ1) is 7.06. The topological polar surface area (TPSA) is 54.4 Å². The van der Waals surface area contributed by atoms with Crippen LogP contribution in [0.15, 0.2) is 0 Å². The Hall–Kier alpha value is -0.0613. The van der Waals surface area contributed by atoms with Gasteiger partial charge in [0.15, 0.2) is 0 Å². The molecule has 2 radical (unpaired) electrons. The van der Waals surface area contributed by atoms with E-state index in [0.29, 0.717) is 0 Å². The third kappa shape index (κ3) is 20.1. The van der Waals surface area contributed by atoms with Crippen molar-refractivity contribution >= 4 is 32.9 Å². The van der Waals surface area contributed by atoms with Gasteiger partial charge in [0.25, 0.3) is 0 Å². The van der Waals surface area contributed by atoms with Gasteiger partial charge in [-0.2, -0.15) is 0 Å². The molecule has 3 nitrogen and oxygen atoms in total. The normalized spacial score (nSPS) is 9.00. The van der Waals surface area contributed by atoms with Crippen molar-refractivity contribution in [3.8, 4) is 0 Å². The summed E-state index contributed by atoms with van der Waals surface area (Å²) in [7, 11) is 0. The van der Waals surface area contributed by atoms with Crippen molar-refractivity contribution in [2.45, 2.75) is 55.3 Å². The maximum absolute atomic E-state index is 9.54. The fourth-order valence-corrected chi connectivity index (χ4v) is 4.89. The number of Topliss-reactive ketones (excluding diaryl/α,β-unsaturated/α-hetero) is 1. The van der Waals surface area contributed by atoms with Crippen LogP contribution in [0.25, 0.3) is 0 Å². The molecule has 88 valence electrons. The van der Waals surface area contributed by atoms with Crippen LogP contribution in [0.2, 0.25) is 8.87 Å². The van der Waals surface area contributed by atoms with Gasteiger partial charge in [-0.05, 0) is 0 Å². The van der Waals surface area contributed by atoms with Gasteiger partial charge in [0.05, 0.1) is 0 Å². The molecule has 0 heterocycles. The van der Waals surface area contributed by atoms with Gasteiger partial charge in [-0.25, -0.2) is 4.79 Å². The first-order valence-corrected chi connectivity index (χ1v) is 9.54. The molecule has 0 unspecified atom stereocenters. The van der Waals surface area contributed by atoms with Crippen molar-refractivity contribution in [1.29, 1.82) is 0 Å². The summed E-state index contributed by atoms with van der Waals surface area (Å²) < 4.78 is 3.25. The van der Waals surface area contributed by atoms with Gasteiger partial charge in [-0.15, -0.1) is 0 Å². The van der Waals surface area contributed by atoms with Crippen molar-refractivity contribution in [2.24, 2.45) is 0 Å². The molecule has 15 heavy (non-hydrogen) atoms. The van der Waals surface area contributed by atoms with E-state index in [2.05, 4.69) is 13.8 Å². The van der Waals surface area contributed by atoms with Gasteiger partial charge >= 0.3 is 75.5 Å². The van der Waals surface area contributed by atoms with Crippen LogP contribution in [-0.2, 0) is 9.59 Å². The molecule has 0 atom stereocenters. The molecule has 0 aromatic heterocycles. The number of rotatable bonds is 7. The second-order valence-electron chi connectivity index (χ2n) is 3.32. The van der Waals surface area contributed by atoms with E-state index in [1.807, 2.05) is 0 Å². The van der Waals surface area contributed by atoms with Gasteiger partial charge in [0.1, 0.15) is 0 Å². The minimum absolute atomic E-state index is 0.149. The Balaban J connectivity index is 0. The van der Waals surface area contributed by atoms with E-state index in [-0.39, 0.29) is 21.1 Å². The first-order valence-electron chi connectivity index (χ1n) is 5.50. The summed E-state index contributed by atoms with van der Waals surface area (Å²) in [6, 6.07) is 0. The van der Waals surface area contributed by atoms with E-state index in [4.69, 9.17) is 5.11 Å². The van der Waals surface area contributed by atoms with E-state index in [9.17, 15) is 9.59 Å². The Morgan fingerprint density at radius 1 is 1.07 bits per heavy atom. The molecule has 0 fully saturated rings. The third-order valence-electron chi connectivity index (χ3n) is 1.72. The zero-order valence-electron chi connectivity index (χ0n) is 10.0. The fraction of sp³-hybridized carbons (Fsp3) is 0.818. The van der Waals surface area contributed by atoms with Gasteiger partial charge in [0, 0.05) is 6.92 Å². The number of hydrogen-bond donors (Lipinski definition) is 1. The van der Waals surface area contributed by atoms with Crippen LogP contribution in [0.3, 0.4) is 0 Å². The Morgan fingerprint density at radius 2 is 1.40 bits per heavy atom. The van der Waals surface area contributed by atoms with Crippen molar-refractivity contribution in [3.63, 3.8) is 0 Å². The zero-order chi connectivity index (χ0) is 12.1. The summed E-state index contributed by atoms with van der Waals surface area (Å²) in [6.45, 7) is 5.58. The molecular formula is C11H22O3Sn. The molecule has 0 saturated heterocycles. The average molecular weight is 321 g/mol. The summed E-state index contributed by atoms with van der Waals surface area (Å²) >= 11 is 0.149. The number of hydrogen-bond acceptors (Lipinski definition) is 2. The zero-order valence-corrected chi connectivity index (χ0v) is 12.9. The Bertz CT molecular complexity index is 151. The fourth-order valence-electron chi connectivity index (χ4n) is 0.729. The maximum atomic E-state index is 9.54. The molecule has 0 aromatic carbocycles. The van der Waals surface area contributed by atoms with Crippen molar-refractivity contribution < 1.29 is 14.7 Å². The summed E-state index contributed by atoms with van der Waals surface area (Å²) in [5.41, 5.74) is 0. The minimum atomic E-state index is -1.38. The van der Waals surface area contributed by atoms with E-state index >= 15 is 0 Å². The van der Waals surface area contributed by atoms with Gasteiger partial charge in [-0.1, -0.05) is 0 Å². The molecule has 0 bridgehead atoms. The number of carbonyl (C=O) groups is 2. The molecule has 0 rings (SSSR count). The van der Waals surface area contributed by atoms with Crippen LogP contribution in [0.4, 0.5) is 0 Å². The predicted octanol–water partition coefficient (Wildman–Crippen LogP) is 2.79. The third-order valence-corrected chi connectivity index (χ3v) is 5.75. The molecule has 4 heteroatoms. The number of carbonyl (C=O) groups excluding carboxylic acids is 1. The summed E-state index contributed by atoms with van der Waals surface area (Å²) in [5, 5.41) is 7.64. The van der Waals surface area contributed by atoms with Gasteiger partial charge < -0.3 is 5.11 Å². The van der Waals surface area contributed by atoms with Crippen molar-refractivity contribution in [3.05, 3.63) is 0 Å². The number of unbranched alkanes of at least 4 members (excludes halogenated alkanes) is 2. The Morgan fingerprint density at radius 3 is 1.60 bits per heavy atom. The van der Waals surface area contributed by atoms with E-state index in [1.165, 1.54) is 25.7 Å². The van der Waals surface area contributed by atoms with E-state index in [0.717, 1.165) is 6.92 Å².